The number of hydrogen-bond donors (Lipinski definition) is 1. The molecule has 0 amide bonds. The minimum atomic E-state index is -0.719. The third-order valence-electron chi connectivity index (χ3n) is 3.03. The zero-order chi connectivity index (χ0) is 15.0. The molecule has 4 nitrogen and oxygen atoms in total. The first-order valence-corrected chi connectivity index (χ1v) is 6.80. The summed E-state index contributed by atoms with van der Waals surface area (Å²) in [6.07, 6.45) is 0.511. The molecule has 0 unspecified atom stereocenters. The van der Waals surface area contributed by atoms with E-state index in [1.165, 1.54) is 18.2 Å². The molecule has 0 aliphatic rings. The number of aromatic nitrogens is 2. The van der Waals surface area contributed by atoms with E-state index >= 15 is 0 Å². The van der Waals surface area contributed by atoms with Crippen LogP contribution in [-0.2, 0) is 0 Å². The molecule has 2 aromatic carbocycles. The molecule has 0 atom stereocenters. The average molecular weight is 305 g/mol. The van der Waals surface area contributed by atoms with E-state index in [1.807, 2.05) is 0 Å². The molecule has 1 heterocycles. The summed E-state index contributed by atoms with van der Waals surface area (Å²) in [5, 5.41) is 6.30. The summed E-state index contributed by atoms with van der Waals surface area (Å²) in [5.41, 5.74) is 0.873. The number of halogens is 2. The zero-order valence-electron chi connectivity index (χ0n) is 10.9. The van der Waals surface area contributed by atoms with Gasteiger partial charge < -0.3 is 5.32 Å². The quantitative estimate of drug-likeness (QED) is 0.747. The van der Waals surface area contributed by atoms with Crippen molar-refractivity contribution in [2.75, 3.05) is 5.32 Å². The second-order valence-corrected chi connectivity index (χ2v) is 5.29. The lowest BCUT2D eigenvalue weighted by atomic mass is 10.1. The van der Waals surface area contributed by atoms with Gasteiger partial charge in [-0.05, 0) is 42.2 Å². The highest BCUT2D eigenvalue weighted by Crippen LogP contribution is 2.31. The van der Waals surface area contributed by atoms with Gasteiger partial charge in [0, 0.05) is 5.56 Å². The molecule has 3 rings (SSSR count). The van der Waals surface area contributed by atoms with Gasteiger partial charge in [-0.3, -0.25) is 4.79 Å². The highest BCUT2D eigenvalue weighted by atomic mass is 32.1. The van der Waals surface area contributed by atoms with Crippen LogP contribution in [0.25, 0.3) is 10.2 Å². The SMILES string of the molecule is Cc1ccc(Nc2c(C=O)cc3snnc3c2F)c(F)c1. The molecule has 0 saturated heterocycles. The minimum absolute atomic E-state index is 0.0561. The molecule has 7 heteroatoms. The Morgan fingerprint density at radius 2 is 2.10 bits per heavy atom. The maximum atomic E-state index is 14.4. The molecule has 0 radical (unpaired) electrons. The van der Waals surface area contributed by atoms with Crippen LogP contribution in [0, 0.1) is 18.6 Å². The van der Waals surface area contributed by atoms with Gasteiger partial charge in [0.2, 0.25) is 0 Å². The Labute approximate surface area is 122 Å². The summed E-state index contributed by atoms with van der Waals surface area (Å²) in [4.78, 5) is 11.1. The molecule has 0 saturated carbocycles. The molecular weight excluding hydrogens is 296 g/mol. The number of nitrogens with zero attached hydrogens (tertiary/aromatic N) is 2. The van der Waals surface area contributed by atoms with Crippen LogP contribution >= 0.6 is 11.5 Å². The van der Waals surface area contributed by atoms with Crippen LogP contribution in [0.1, 0.15) is 15.9 Å². The lowest BCUT2D eigenvalue weighted by Gasteiger charge is -2.11. The zero-order valence-corrected chi connectivity index (χ0v) is 11.7. The first-order chi connectivity index (χ1) is 10.1. The Morgan fingerprint density at radius 1 is 1.29 bits per heavy atom. The summed E-state index contributed by atoms with van der Waals surface area (Å²) < 4.78 is 32.4. The maximum absolute atomic E-state index is 14.4. The van der Waals surface area contributed by atoms with E-state index in [4.69, 9.17) is 0 Å². The van der Waals surface area contributed by atoms with Gasteiger partial charge >= 0.3 is 0 Å². The van der Waals surface area contributed by atoms with Gasteiger partial charge in [0.1, 0.15) is 11.3 Å². The topological polar surface area (TPSA) is 54.9 Å². The maximum Gasteiger partial charge on any atom is 0.176 e. The van der Waals surface area contributed by atoms with Crippen LogP contribution in [0.3, 0.4) is 0 Å². The molecule has 0 fully saturated rings. The molecule has 1 aromatic heterocycles. The van der Waals surface area contributed by atoms with Crippen molar-refractivity contribution in [2.24, 2.45) is 0 Å². The van der Waals surface area contributed by atoms with Crippen molar-refractivity contribution in [1.29, 1.82) is 0 Å². The van der Waals surface area contributed by atoms with Gasteiger partial charge in [0.05, 0.1) is 16.1 Å². The molecule has 3 aromatic rings. The van der Waals surface area contributed by atoms with Gasteiger partial charge in [-0.25, -0.2) is 8.78 Å². The summed E-state index contributed by atoms with van der Waals surface area (Å²) in [5.74, 6) is -1.24. The van der Waals surface area contributed by atoms with E-state index in [1.54, 1.807) is 13.0 Å². The molecule has 21 heavy (non-hydrogen) atoms. The van der Waals surface area contributed by atoms with Gasteiger partial charge in [-0.2, -0.15) is 0 Å². The van der Waals surface area contributed by atoms with Gasteiger partial charge in [0.15, 0.2) is 12.1 Å². The third-order valence-corrected chi connectivity index (χ3v) is 3.70. The fraction of sp³-hybridized carbons (Fsp3) is 0.0714. The standard InChI is InChI=1S/C14H9F2N3OS/c1-7-2-3-10(9(15)4-7)17-13-8(6-20)5-11-14(12(13)16)18-19-21-11/h2-6,17H,1H3. The van der Waals surface area contributed by atoms with Gasteiger partial charge in [-0.1, -0.05) is 10.6 Å². The largest absolute Gasteiger partial charge is 0.350 e. The van der Waals surface area contributed by atoms with Crippen LogP contribution in [0.2, 0.25) is 0 Å². The number of carbonyl (C=O) groups is 1. The first kappa shape index (κ1) is 13.6. The van der Waals surface area contributed by atoms with Crippen molar-refractivity contribution in [2.45, 2.75) is 6.92 Å². The second kappa shape index (κ2) is 5.17. The van der Waals surface area contributed by atoms with Gasteiger partial charge in [0.25, 0.3) is 0 Å². The van der Waals surface area contributed by atoms with Crippen LogP contribution in [0.15, 0.2) is 24.3 Å². The number of nitrogens with one attached hydrogen (secondary N) is 1. The molecule has 0 aliphatic heterocycles. The van der Waals surface area contributed by atoms with E-state index in [2.05, 4.69) is 14.9 Å². The molecule has 106 valence electrons. The molecule has 0 aliphatic carbocycles. The highest BCUT2D eigenvalue weighted by molar-refractivity contribution is 7.13. The predicted octanol–water partition coefficient (Wildman–Crippen LogP) is 3.83. The molecule has 0 spiro atoms. The van der Waals surface area contributed by atoms with Crippen molar-refractivity contribution >= 4 is 39.4 Å². The van der Waals surface area contributed by atoms with E-state index in [0.29, 0.717) is 11.0 Å². The normalized spacial score (nSPS) is 10.8. The van der Waals surface area contributed by atoms with Crippen LogP contribution in [0.4, 0.5) is 20.2 Å². The number of aldehydes is 1. The summed E-state index contributed by atoms with van der Waals surface area (Å²) in [6.45, 7) is 1.75. The van der Waals surface area contributed by atoms with E-state index < -0.39 is 11.6 Å². The van der Waals surface area contributed by atoms with Crippen LogP contribution in [0.5, 0.6) is 0 Å². The van der Waals surface area contributed by atoms with E-state index in [9.17, 15) is 13.6 Å². The lowest BCUT2D eigenvalue weighted by molar-refractivity contribution is 0.112. The number of rotatable bonds is 3. The lowest BCUT2D eigenvalue weighted by Crippen LogP contribution is -2.01. The Morgan fingerprint density at radius 3 is 2.81 bits per heavy atom. The smallest absolute Gasteiger partial charge is 0.176 e. The molecule has 1 N–H and O–H groups in total. The summed E-state index contributed by atoms with van der Waals surface area (Å²) in [7, 11) is 0. The Bertz CT molecular complexity index is 848. The number of benzene rings is 2. The fourth-order valence-electron chi connectivity index (χ4n) is 1.98. The van der Waals surface area contributed by atoms with Crippen molar-refractivity contribution in [3.63, 3.8) is 0 Å². The third kappa shape index (κ3) is 2.36. The predicted molar refractivity (Wildman–Crippen MR) is 77.2 cm³/mol. The molecule has 0 bridgehead atoms. The highest BCUT2D eigenvalue weighted by Gasteiger charge is 2.17. The van der Waals surface area contributed by atoms with Crippen LogP contribution < -0.4 is 5.32 Å². The monoisotopic (exact) mass is 305 g/mol. The second-order valence-electron chi connectivity index (χ2n) is 4.50. The van der Waals surface area contributed by atoms with E-state index in [-0.39, 0.29) is 22.5 Å². The Hall–Kier alpha value is -2.41. The van der Waals surface area contributed by atoms with Crippen molar-refractivity contribution in [3.8, 4) is 0 Å². The summed E-state index contributed by atoms with van der Waals surface area (Å²) >= 11 is 0.989. The van der Waals surface area contributed by atoms with Crippen molar-refractivity contribution in [1.82, 2.24) is 9.59 Å². The van der Waals surface area contributed by atoms with E-state index in [0.717, 1.165) is 17.1 Å². The Balaban J connectivity index is 2.14. The first-order valence-electron chi connectivity index (χ1n) is 6.03. The Kier molecular flexibility index (Phi) is 3.34. The minimum Gasteiger partial charge on any atom is -0.350 e. The fourth-order valence-corrected chi connectivity index (χ4v) is 2.59. The summed E-state index contributed by atoms with van der Waals surface area (Å²) in [6, 6.07) is 5.98. The van der Waals surface area contributed by atoms with Crippen molar-refractivity contribution < 1.29 is 13.6 Å². The van der Waals surface area contributed by atoms with Gasteiger partial charge in [-0.15, -0.1) is 5.10 Å². The number of hydrogen-bond acceptors (Lipinski definition) is 5. The number of fused-ring (bicyclic) bond motifs is 1. The number of aryl methyl sites for hydroxylation is 1. The molecular formula is C14H9F2N3OS. The number of anilines is 2. The van der Waals surface area contributed by atoms with Crippen molar-refractivity contribution in [3.05, 3.63) is 47.0 Å². The average Bonchev–Trinajstić information content (AvgIpc) is 2.92. The van der Waals surface area contributed by atoms with Crippen LogP contribution in [-0.4, -0.2) is 15.9 Å². The number of carbonyl (C=O) groups excluding carboxylic acids is 1.